The van der Waals surface area contributed by atoms with Gasteiger partial charge in [-0.3, -0.25) is 0 Å². The summed E-state index contributed by atoms with van der Waals surface area (Å²) in [6.07, 6.45) is 9.35. The van der Waals surface area contributed by atoms with Gasteiger partial charge in [-0.2, -0.15) is 0 Å². The second-order valence-electron chi connectivity index (χ2n) is 5.96. The fraction of sp³-hybridized carbons (Fsp3) is 0.857. The van der Waals surface area contributed by atoms with Crippen molar-refractivity contribution in [3.8, 4) is 0 Å². The Morgan fingerprint density at radius 2 is 2.16 bits per heavy atom. The lowest BCUT2D eigenvalue weighted by molar-refractivity contribution is -0.116. The van der Waals surface area contributed by atoms with Crippen LogP contribution in [0.5, 0.6) is 0 Å². The van der Waals surface area contributed by atoms with Gasteiger partial charge in [-0.15, -0.1) is 5.10 Å². The van der Waals surface area contributed by atoms with Gasteiger partial charge < -0.3 is 10.5 Å². The van der Waals surface area contributed by atoms with E-state index in [1.54, 1.807) is 0 Å². The summed E-state index contributed by atoms with van der Waals surface area (Å²) in [5.41, 5.74) is 7.09. The lowest BCUT2D eigenvalue weighted by atomic mass is 9.78. The summed E-state index contributed by atoms with van der Waals surface area (Å²) >= 11 is 0. The van der Waals surface area contributed by atoms with E-state index in [0.29, 0.717) is 11.9 Å². The molecule has 106 valence electrons. The van der Waals surface area contributed by atoms with Crippen LogP contribution in [0.15, 0.2) is 0 Å². The number of aromatic nitrogens is 3. The number of nitrogen functional groups attached to an aromatic ring is 1. The molecule has 1 saturated carbocycles. The van der Waals surface area contributed by atoms with Crippen LogP contribution in [-0.2, 0) is 11.2 Å². The molecule has 5 heteroatoms. The fourth-order valence-electron chi connectivity index (χ4n) is 3.72. The van der Waals surface area contributed by atoms with Gasteiger partial charge in [0.1, 0.15) is 0 Å². The van der Waals surface area contributed by atoms with Crippen molar-refractivity contribution in [3.05, 3.63) is 5.69 Å². The normalized spacial score (nSPS) is 26.7. The van der Waals surface area contributed by atoms with Gasteiger partial charge in [-0.05, 0) is 32.1 Å². The van der Waals surface area contributed by atoms with Gasteiger partial charge >= 0.3 is 0 Å². The second kappa shape index (κ2) is 5.12. The minimum Gasteiger partial charge on any atom is -0.381 e. The van der Waals surface area contributed by atoms with E-state index in [2.05, 4.69) is 21.9 Å². The number of nitrogens with two attached hydrogens (primary N) is 1. The molecule has 2 fully saturated rings. The largest absolute Gasteiger partial charge is 0.381 e. The van der Waals surface area contributed by atoms with E-state index in [9.17, 15) is 0 Å². The molecule has 1 aliphatic heterocycles. The minimum absolute atomic E-state index is 0.104. The van der Waals surface area contributed by atoms with Gasteiger partial charge in [-0.25, -0.2) is 4.68 Å². The second-order valence-corrected chi connectivity index (χ2v) is 5.96. The Balaban J connectivity index is 1.81. The minimum atomic E-state index is 0.104. The van der Waals surface area contributed by atoms with Crippen LogP contribution in [0.4, 0.5) is 5.82 Å². The molecule has 2 aliphatic rings. The number of rotatable bonds is 2. The molecule has 1 aliphatic carbocycles. The third-order valence-electron chi connectivity index (χ3n) is 4.73. The molecule has 1 aromatic rings. The summed E-state index contributed by atoms with van der Waals surface area (Å²) in [6, 6.07) is 0.409. The Bertz CT molecular complexity index is 431. The molecule has 2 N–H and O–H groups in total. The summed E-state index contributed by atoms with van der Waals surface area (Å²) < 4.78 is 8.21. The Labute approximate surface area is 114 Å². The van der Waals surface area contributed by atoms with Crippen LogP contribution in [0.25, 0.3) is 0 Å². The third-order valence-corrected chi connectivity index (χ3v) is 4.73. The highest BCUT2D eigenvalue weighted by molar-refractivity contribution is 5.33. The highest BCUT2D eigenvalue weighted by Gasteiger charge is 2.39. The van der Waals surface area contributed by atoms with E-state index >= 15 is 0 Å². The first-order valence-electron chi connectivity index (χ1n) is 7.57. The standard InChI is InChI=1S/C14H24N4O/c1-2-12-13(15)16-17-18(12)11-6-9-19-14(10-11)7-4-3-5-8-14/h11H,2-10,15H2,1H3. The van der Waals surface area contributed by atoms with E-state index in [4.69, 9.17) is 10.5 Å². The topological polar surface area (TPSA) is 66.0 Å². The summed E-state index contributed by atoms with van der Waals surface area (Å²) in [5.74, 6) is 0.590. The van der Waals surface area contributed by atoms with Crippen molar-refractivity contribution in [1.29, 1.82) is 0 Å². The Hall–Kier alpha value is -1.10. The van der Waals surface area contributed by atoms with Crippen molar-refractivity contribution < 1.29 is 4.74 Å². The van der Waals surface area contributed by atoms with Crippen LogP contribution >= 0.6 is 0 Å². The van der Waals surface area contributed by atoms with Crippen LogP contribution in [-0.4, -0.2) is 27.2 Å². The number of nitrogens with zero attached hydrogens (tertiary/aromatic N) is 3. The highest BCUT2D eigenvalue weighted by atomic mass is 16.5. The monoisotopic (exact) mass is 264 g/mol. The van der Waals surface area contributed by atoms with Gasteiger partial charge in [0, 0.05) is 6.61 Å². The van der Waals surface area contributed by atoms with Gasteiger partial charge in [-0.1, -0.05) is 31.4 Å². The maximum absolute atomic E-state index is 6.15. The van der Waals surface area contributed by atoms with Crippen molar-refractivity contribution >= 4 is 5.82 Å². The van der Waals surface area contributed by atoms with Gasteiger partial charge in [0.15, 0.2) is 5.82 Å². The summed E-state index contributed by atoms with van der Waals surface area (Å²) in [4.78, 5) is 0. The van der Waals surface area contributed by atoms with Gasteiger partial charge in [0.25, 0.3) is 0 Å². The number of anilines is 1. The van der Waals surface area contributed by atoms with Crippen LogP contribution in [0.3, 0.4) is 0 Å². The van der Waals surface area contributed by atoms with Crippen LogP contribution in [0.2, 0.25) is 0 Å². The first kappa shape index (κ1) is 12.9. The van der Waals surface area contributed by atoms with Crippen molar-refractivity contribution in [2.75, 3.05) is 12.3 Å². The number of hydrogen-bond acceptors (Lipinski definition) is 4. The molecule has 0 radical (unpaired) electrons. The lowest BCUT2D eigenvalue weighted by Gasteiger charge is -2.43. The molecule has 0 bridgehead atoms. The SMILES string of the molecule is CCc1c(N)nnn1C1CCOC2(CCCCC2)C1. The summed E-state index contributed by atoms with van der Waals surface area (Å²) in [6.45, 7) is 2.95. The molecule has 3 rings (SSSR count). The molecule has 5 nitrogen and oxygen atoms in total. The number of hydrogen-bond donors (Lipinski definition) is 1. The molecule has 19 heavy (non-hydrogen) atoms. The molecule has 0 amide bonds. The molecule has 1 spiro atoms. The first-order valence-corrected chi connectivity index (χ1v) is 7.57. The maximum Gasteiger partial charge on any atom is 0.169 e. The molecule has 1 unspecified atom stereocenters. The van der Waals surface area contributed by atoms with Gasteiger partial charge in [0.2, 0.25) is 0 Å². The van der Waals surface area contributed by atoms with Crippen molar-refractivity contribution in [3.63, 3.8) is 0 Å². The van der Waals surface area contributed by atoms with Gasteiger partial charge in [0.05, 0.1) is 17.3 Å². The van der Waals surface area contributed by atoms with Crippen molar-refractivity contribution in [2.24, 2.45) is 0 Å². The molecule has 1 aromatic heterocycles. The first-order chi connectivity index (χ1) is 9.24. The Kier molecular flexibility index (Phi) is 3.48. The number of ether oxygens (including phenoxy) is 1. The predicted octanol–water partition coefficient (Wildman–Crippen LogP) is 2.48. The van der Waals surface area contributed by atoms with E-state index in [-0.39, 0.29) is 5.60 Å². The Morgan fingerprint density at radius 3 is 2.89 bits per heavy atom. The van der Waals surface area contributed by atoms with E-state index < -0.39 is 0 Å². The predicted molar refractivity (Wildman–Crippen MR) is 73.9 cm³/mol. The summed E-state index contributed by atoms with van der Waals surface area (Å²) in [7, 11) is 0. The average Bonchev–Trinajstić information content (AvgIpc) is 2.81. The molecule has 0 aromatic carbocycles. The molecule has 2 heterocycles. The van der Waals surface area contributed by atoms with Crippen molar-refractivity contribution in [1.82, 2.24) is 15.0 Å². The molecule has 1 atom stereocenters. The average molecular weight is 264 g/mol. The van der Waals surface area contributed by atoms with Crippen LogP contribution in [0.1, 0.15) is 63.6 Å². The van der Waals surface area contributed by atoms with Crippen LogP contribution < -0.4 is 5.73 Å². The lowest BCUT2D eigenvalue weighted by Crippen LogP contribution is -2.42. The molecular formula is C14H24N4O. The third kappa shape index (κ3) is 2.36. The van der Waals surface area contributed by atoms with Crippen LogP contribution in [0, 0.1) is 0 Å². The Morgan fingerprint density at radius 1 is 1.37 bits per heavy atom. The zero-order valence-electron chi connectivity index (χ0n) is 11.8. The molecular weight excluding hydrogens is 240 g/mol. The van der Waals surface area contributed by atoms with E-state index in [0.717, 1.165) is 31.6 Å². The van der Waals surface area contributed by atoms with Crippen molar-refractivity contribution in [2.45, 2.75) is 69.9 Å². The maximum atomic E-state index is 6.15. The highest BCUT2D eigenvalue weighted by Crippen LogP contribution is 2.42. The quantitative estimate of drug-likeness (QED) is 0.891. The zero-order valence-corrected chi connectivity index (χ0v) is 11.8. The van der Waals surface area contributed by atoms with E-state index in [1.165, 1.54) is 32.1 Å². The summed E-state index contributed by atoms with van der Waals surface area (Å²) in [5, 5.41) is 8.32. The molecule has 1 saturated heterocycles. The smallest absolute Gasteiger partial charge is 0.169 e. The van der Waals surface area contributed by atoms with E-state index in [1.807, 2.05) is 0 Å². The fourth-order valence-corrected chi connectivity index (χ4v) is 3.72. The zero-order chi connectivity index (χ0) is 13.3.